The summed E-state index contributed by atoms with van der Waals surface area (Å²) in [4.78, 5) is 13.9. The SMILES string of the molecule is COc1ccc([C@H]2CCN(C(=O)OC(C)(C)C)C[C@H]2N)c(OC)c1. The number of carbonyl (C=O) groups is 1. The molecular weight excluding hydrogens is 308 g/mol. The fraction of sp³-hybridized carbons (Fsp3) is 0.611. The highest BCUT2D eigenvalue weighted by atomic mass is 16.6. The number of nitrogens with two attached hydrogens (primary N) is 1. The number of likely N-dealkylation sites (tertiary alicyclic amines) is 1. The lowest BCUT2D eigenvalue weighted by atomic mass is 9.85. The van der Waals surface area contributed by atoms with Gasteiger partial charge in [-0.1, -0.05) is 6.07 Å². The van der Waals surface area contributed by atoms with E-state index in [1.165, 1.54) is 0 Å². The second-order valence-corrected chi connectivity index (χ2v) is 7.09. The van der Waals surface area contributed by atoms with E-state index >= 15 is 0 Å². The Morgan fingerprint density at radius 3 is 2.50 bits per heavy atom. The number of carbonyl (C=O) groups excluding carboxylic acids is 1. The Kier molecular flexibility index (Phi) is 5.59. The van der Waals surface area contributed by atoms with Gasteiger partial charge in [-0.3, -0.25) is 0 Å². The van der Waals surface area contributed by atoms with Gasteiger partial charge in [-0.15, -0.1) is 0 Å². The molecule has 134 valence electrons. The van der Waals surface area contributed by atoms with Gasteiger partial charge in [0.15, 0.2) is 0 Å². The Morgan fingerprint density at radius 1 is 1.25 bits per heavy atom. The number of methoxy groups -OCH3 is 2. The van der Waals surface area contributed by atoms with Crippen LogP contribution in [0.5, 0.6) is 11.5 Å². The largest absolute Gasteiger partial charge is 0.497 e. The molecule has 2 rings (SSSR count). The molecule has 6 heteroatoms. The van der Waals surface area contributed by atoms with Gasteiger partial charge < -0.3 is 24.8 Å². The third-order valence-corrected chi connectivity index (χ3v) is 4.15. The van der Waals surface area contributed by atoms with Gasteiger partial charge in [0.25, 0.3) is 0 Å². The highest BCUT2D eigenvalue weighted by Crippen LogP contribution is 2.36. The number of piperidine rings is 1. The van der Waals surface area contributed by atoms with E-state index in [4.69, 9.17) is 19.9 Å². The van der Waals surface area contributed by atoms with Crippen molar-refractivity contribution in [3.63, 3.8) is 0 Å². The monoisotopic (exact) mass is 336 g/mol. The Balaban J connectivity index is 2.10. The molecule has 1 aliphatic heterocycles. The highest BCUT2D eigenvalue weighted by Gasteiger charge is 2.33. The number of nitrogens with zero attached hydrogens (tertiary/aromatic N) is 1. The Bertz CT molecular complexity index is 583. The van der Waals surface area contributed by atoms with Crippen molar-refractivity contribution < 1.29 is 19.0 Å². The summed E-state index contributed by atoms with van der Waals surface area (Å²) in [6.45, 7) is 6.66. The molecule has 0 spiro atoms. The first kappa shape index (κ1) is 18.4. The van der Waals surface area contributed by atoms with E-state index < -0.39 is 5.60 Å². The van der Waals surface area contributed by atoms with Crippen LogP contribution < -0.4 is 15.2 Å². The van der Waals surface area contributed by atoms with Crippen LogP contribution in [0, 0.1) is 0 Å². The lowest BCUT2D eigenvalue weighted by Gasteiger charge is -2.38. The van der Waals surface area contributed by atoms with E-state index in [9.17, 15) is 4.79 Å². The van der Waals surface area contributed by atoms with Crippen LogP contribution >= 0.6 is 0 Å². The fourth-order valence-electron chi connectivity index (χ4n) is 2.99. The Morgan fingerprint density at radius 2 is 1.96 bits per heavy atom. The predicted molar refractivity (Wildman–Crippen MR) is 92.7 cm³/mol. The number of benzene rings is 1. The van der Waals surface area contributed by atoms with Crippen molar-refractivity contribution in [3.05, 3.63) is 23.8 Å². The third-order valence-electron chi connectivity index (χ3n) is 4.15. The summed E-state index contributed by atoms with van der Waals surface area (Å²) in [5.41, 5.74) is 6.91. The van der Waals surface area contributed by atoms with Gasteiger partial charge in [-0.05, 0) is 38.8 Å². The van der Waals surface area contributed by atoms with E-state index in [0.29, 0.717) is 13.1 Å². The molecule has 1 fully saturated rings. The van der Waals surface area contributed by atoms with Crippen molar-refractivity contribution >= 4 is 6.09 Å². The van der Waals surface area contributed by atoms with Crippen molar-refractivity contribution in [1.82, 2.24) is 4.90 Å². The van der Waals surface area contributed by atoms with Crippen LogP contribution in [-0.4, -0.2) is 49.9 Å². The lowest BCUT2D eigenvalue weighted by molar-refractivity contribution is 0.0186. The molecule has 1 saturated heterocycles. The molecule has 0 unspecified atom stereocenters. The maximum absolute atomic E-state index is 12.2. The second-order valence-electron chi connectivity index (χ2n) is 7.09. The van der Waals surface area contributed by atoms with Gasteiger partial charge in [0.1, 0.15) is 17.1 Å². The molecule has 24 heavy (non-hydrogen) atoms. The average Bonchev–Trinajstić information content (AvgIpc) is 2.52. The average molecular weight is 336 g/mol. The minimum Gasteiger partial charge on any atom is -0.497 e. The van der Waals surface area contributed by atoms with Crippen LogP contribution in [0.1, 0.15) is 38.7 Å². The van der Waals surface area contributed by atoms with Crippen molar-refractivity contribution in [2.24, 2.45) is 5.73 Å². The summed E-state index contributed by atoms with van der Waals surface area (Å²) in [6, 6.07) is 5.59. The molecule has 6 nitrogen and oxygen atoms in total. The van der Waals surface area contributed by atoms with Crippen LogP contribution in [0.4, 0.5) is 4.79 Å². The molecule has 2 atom stereocenters. The van der Waals surface area contributed by atoms with E-state index in [2.05, 4.69) is 0 Å². The summed E-state index contributed by atoms with van der Waals surface area (Å²) in [5.74, 6) is 1.64. The molecule has 0 aliphatic carbocycles. The molecule has 1 aromatic carbocycles. The number of hydrogen-bond donors (Lipinski definition) is 1. The van der Waals surface area contributed by atoms with Crippen molar-refractivity contribution in [1.29, 1.82) is 0 Å². The Labute approximate surface area is 143 Å². The minimum atomic E-state index is -0.503. The zero-order chi connectivity index (χ0) is 17.9. The predicted octanol–water partition coefficient (Wildman–Crippen LogP) is 2.76. The van der Waals surface area contributed by atoms with E-state index in [1.54, 1.807) is 19.1 Å². The van der Waals surface area contributed by atoms with Gasteiger partial charge >= 0.3 is 6.09 Å². The number of rotatable bonds is 3. The van der Waals surface area contributed by atoms with Crippen LogP contribution in [0.2, 0.25) is 0 Å². The van der Waals surface area contributed by atoms with Gasteiger partial charge in [0, 0.05) is 31.1 Å². The van der Waals surface area contributed by atoms with Crippen molar-refractivity contribution in [2.75, 3.05) is 27.3 Å². The summed E-state index contributed by atoms with van der Waals surface area (Å²) in [6.07, 6.45) is 0.460. The summed E-state index contributed by atoms with van der Waals surface area (Å²) in [7, 11) is 3.26. The molecule has 0 bridgehead atoms. The van der Waals surface area contributed by atoms with Gasteiger partial charge in [-0.25, -0.2) is 4.79 Å². The molecule has 1 aliphatic rings. The van der Waals surface area contributed by atoms with Crippen LogP contribution in [-0.2, 0) is 4.74 Å². The molecular formula is C18H28N2O4. The molecule has 0 aromatic heterocycles. The van der Waals surface area contributed by atoms with Crippen LogP contribution in [0.15, 0.2) is 18.2 Å². The first-order valence-electron chi connectivity index (χ1n) is 8.20. The smallest absolute Gasteiger partial charge is 0.410 e. The summed E-state index contributed by atoms with van der Waals surface area (Å²) in [5, 5.41) is 0. The van der Waals surface area contributed by atoms with Gasteiger partial charge in [-0.2, -0.15) is 0 Å². The minimum absolute atomic E-state index is 0.129. The third kappa shape index (κ3) is 4.32. The molecule has 0 saturated carbocycles. The number of amides is 1. The molecule has 1 aromatic rings. The summed E-state index contributed by atoms with van der Waals surface area (Å²) < 4.78 is 16.2. The van der Waals surface area contributed by atoms with E-state index in [1.807, 2.05) is 39.0 Å². The maximum Gasteiger partial charge on any atom is 0.410 e. The first-order valence-corrected chi connectivity index (χ1v) is 8.20. The van der Waals surface area contributed by atoms with E-state index in [-0.39, 0.29) is 18.1 Å². The van der Waals surface area contributed by atoms with Gasteiger partial charge in [0.2, 0.25) is 0 Å². The Hall–Kier alpha value is -1.95. The van der Waals surface area contributed by atoms with Gasteiger partial charge in [0.05, 0.1) is 14.2 Å². The van der Waals surface area contributed by atoms with Crippen LogP contribution in [0.25, 0.3) is 0 Å². The molecule has 2 N–H and O–H groups in total. The topological polar surface area (TPSA) is 74.0 Å². The maximum atomic E-state index is 12.2. The summed E-state index contributed by atoms with van der Waals surface area (Å²) >= 11 is 0. The second kappa shape index (κ2) is 7.30. The molecule has 0 radical (unpaired) electrons. The van der Waals surface area contributed by atoms with Crippen LogP contribution in [0.3, 0.4) is 0 Å². The fourth-order valence-corrected chi connectivity index (χ4v) is 2.99. The van der Waals surface area contributed by atoms with Crippen molar-refractivity contribution in [3.8, 4) is 11.5 Å². The molecule has 1 amide bonds. The van der Waals surface area contributed by atoms with Crippen molar-refractivity contribution in [2.45, 2.75) is 44.8 Å². The normalized spacial score (nSPS) is 21.3. The quantitative estimate of drug-likeness (QED) is 0.919. The standard InChI is InChI=1S/C18H28N2O4/c1-18(2,3)24-17(21)20-9-8-13(15(19)11-20)14-7-6-12(22-4)10-16(14)23-5/h6-7,10,13,15H,8-9,11,19H2,1-5H3/t13-,15-/m1/s1. The highest BCUT2D eigenvalue weighted by molar-refractivity contribution is 5.68. The lowest BCUT2D eigenvalue weighted by Crippen LogP contribution is -2.50. The van der Waals surface area contributed by atoms with E-state index in [0.717, 1.165) is 23.5 Å². The number of ether oxygens (including phenoxy) is 3. The number of hydrogen-bond acceptors (Lipinski definition) is 5. The first-order chi connectivity index (χ1) is 11.2. The zero-order valence-corrected chi connectivity index (χ0v) is 15.2. The zero-order valence-electron chi connectivity index (χ0n) is 15.2. The molecule has 1 heterocycles.